The van der Waals surface area contributed by atoms with Gasteiger partial charge in [0.05, 0.1) is 11.8 Å². The molecule has 198 valence electrons. The van der Waals surface area contributed by atoms with Crippen LogP contribution in [0.1, 0.15) is 45.3 Å². The molecule has 3 N–H and O–H groups in total. The van der Waals surface area contributed by atoms with Crippen molar-refractivity contribution in [3.05, 3.63) is 83.0 Å². The number of nitrogens with one attached hydrogen (secondary N) is 3. The van der Waals surface area contributed by atoms with Crippen molar-refractivity contribution in [2.75, 3.05) is 37.8 Å². The van der Waals surface area contributed by atoms with E-state index in [1.807, 2.05) is 52.2 Å². The number of ether oxygens (including phenoxy) is 1. The first-order valence-electron chi connectivity index (χ1n) is 12.5. The van der Waals surface area contributed by atoms with Crippen LogP contribution in [-0.2, 0) is 6.61 Å². The molecule has 0 fully saturated rings. The van der Waals surface area contributed by atoms with Crippen molar-refractivity contribution >= 4 is 23.3 Å². The van der Waals surface area contributed by atoms with Gasteiger partial charge in [0.2, 0.25) is 0 Å². The first-order valence-corrected chi connectivity index (χ1v) is 12.5. The third kappa shape index (κ3) is 8.32. The summed E-state index contributed by atoms with van der Waals surface area (Å²) in [6.07, 6.45) is 0.508. The van der Waals surface area contributed by atoms with E-state index in [4.69, 9.17) is 10.00 Å². The predicted molar refractivity (Wildman–Crippen MR) is 148 cm³/mol. The third-order valence-electron chi connectivity index (χ3n) is 5.79. The second-order valence-electron chi connectivity index (χ2n) is 9.10. The lowest BCUT2D eigenvalue weighted by Crippen LogP contribution is -2.33. The lowest BCUT2D eigenvalue weighted by atomic mass is 10.1. The number of carbonyl (C=O) groups is 2. The number of amides is 2. The molecule has 0 radical (unpaired) electrons. The number of pyridine rings is 1. The maximum absolute atomic E-state index is 12.9. The maximum Gasteiger partial charge on any atom is 0.255 e. The van der Waals surface area contributed by atoms with Crippen LogP contribution in [0.15, 0.2) is 60.7 Å². The number of aryl methyl sites for hydroxylation is 1. The molecule has 2 aromatic carbocycles. The van der Waals surface area contributed by atoms with E-state index in [-0.39, 0.29) is 11.8 Å². The number of hydrogen-bond donors (Lipinski definition) is 3. The van der Waals surface area contributed by atoms with Gasteiger partial charge in [0.15, 0.2) is 0 Å². The second-order valence-corrected chi connectivity index (χ2v) is 9.10. The van der Waals surface area contributed by atoms with Crippen molar-refractivity contribution in [2.45, 2.75) is 32.9 Å². The average molecular weight is 515 g/mol. The maximum atomic E-state index is 12.9. The summed E-state index contributed by atoms with van der Waals surface area (Å²) in [5.74, 6) is 0.748. The van der Waals surface area contributed by atoms with Gasteiger partial charge in [-0.25, -0.2) is 4.98 Å². The number of carbonyl (C=O) groups excluding carboxylic acids is 2. The van der Waals surface area contributed by atoms with Crippen LogP contribution < -0.4 is 20.7 Å². The molecule has 9 nitrogen and oxygen atoms in total. The zero-order chi connectivity index (χ0) is 27.5. The monoisotopic (exact) mass is 514 g/mol. The molecule has 1 atom stereocenters. The van der Waals surface area contributed by atoms with Crippen molar-refractivity contribution in [1.29, 1.82) is 5.26 Å². The molecule has 9 heteroatoms. The molecular formula is C29H34N6O3. The highest BCUT2D eigenvalue weighted by molar-refractivity contribution is 6.05. The summed E-state index contributed by atoms with van der Waals surface area (Å²) < 4.78 is 5.86. The molecule has 1 unspecified atom stereocenters. The summed E-state index contributed by atoms with van der Waals surface area (Å²) >= 11 is 0. The van der Waals surface area contributed by atoms with Crippen molar-refractivity contribution in [1.82, 2.24) is 15.2 Å². The molecule has 2 amide bonds. The summed E-state index contributed by atoms with van der Waals surface area (Å²) in [4.78, 5) is 32.0. The van der Waals surface area contributed by atoms with Crippen LogP contribution in [0, 0.1) is 18.3 Å². The lowest BCUT2D eigenvalue weighted by Gasteiger charge is -2.13. The van der Waals surface area contributed by atoms with E-state index in [2.05, 4.69) is 25.8 Å². The van der Waals surface area contributed by atoms with E-state index in [0.717, 1.165) is 30.2 Å². The lowest BCUT2D eigenvalue weighted by molar-refractivity contribution is 0.0943. The fourth-order valence-corrected chi connectivity index (χ4v) is 3.49. The van der Waals surface area contributed by atoms with E-state index in [1.54, 1.807) is 42.5 Å². The van der Waals surface area contributed by atoms with Gasteiger partial charge in [-0.15, -0.1) is 0 Å². The molecule has 38 heavy (non-hydrogen) atoms. The van der Waals surface area contributed by atoms with Gasteiger partial charge in [-0.3, -0.25) is 9.59 Å². The minimum Gasteiger partial charge on any atom is -0.487 e. The average Bonchev–Trinajstić information content (AvgIpc) is 2.92. The fraction of sp³-hybridized carbons (Fsp3) is 0.310. The smallest absolute Gasteiger partial charge is 0.255 e. The molecule has 0 aliphatic heterocycles. The number of hydrogen-bond acceptors (Lipinski definition) is 7. The van der Waals surface area contributed by atoms with E-state index in [1.165, 1.54) is 0 Å². The van der Waals surface area contributed by atoms with Crippen molar-refractivity contribution in [2.24, 2.45) is 0 Å². The van der Waals surface area contributed by atoms with Crippen LogP contribution in [-0.4, -0.2) is 54.9 Å². The number of aromatic nitrogens is 1. The molecule has 3 rings (SSSR count). The highest BCUT2D eigenvalue weighted by atomic mass is 16.5. The Morgan fingerprint density at radius 3 is 2.47 bits per heavy atom. The topological polar surface area (TPSA) is 119 Å². The molecule has 0 aliphatic rings. The van der Waals surface area contributed by atoms with Gasteiger partial charge in [0.25, 0.3) is 11.8 Å². The molecule has 0 spiro atoms. The highest BCUT2D eigenvalue weighted by Crippen LogP contribution is 2.20. The Kier molecular flexibility index (Phi) is 10.2. The van der Waals surface area contributed by atoms with Crippen LogP contribution in [0.3, 0.4) is 0 Å². The number of benzene rings is 2. The molecule has 0 aliphatic carbocycles. The summed E-state index contributed by atoms with van der Waals surface area (Å²) in [5.41, 5.74) is 2.95. The Bertz CT molecular complexity index is 1280. The number of rotatable bonds is 12. The van der Waals surface area contributed by atoms with Crippen molar-refractivity contribution < 1.29 is 14.3 Å². The van der Waals surface area contributed by atoms with Crippen molar-refractivity contribution in [3.63, 3.8) is 0 Å². The van der Waals surface area contributed by atoms with Gasteiger partial charge in [0.1, 0.15) is 24.2 Å². The van der Waals surface area contributed by atoms with Gasteiger partial charge < -0.3 is 25.6 Å². The standard InChI is InChI=1S/C29H34N6O3/c1-5-23(18-30)33-29(37)22-10-9-20(2)26(17-22)34-28(36)21-11-13-25(14-12-21)38-19-24-7-6-8-27(32-24)31-15-16-35(3)4/h6-14,17,23H,5,15-16,19H2,1-4H3,(H,31,32)(H,33,37)(H,34,36). The number of anilines is 2. The van der Waals surface area contributed by atoms with Gasteiger partial charge in [-0.2, -0.15) is 5.26 Å². The minimum absolute atomic E-state index is 0.299. The first-order chi connectivity index (χ1) is 18.3. The van der Waals surface area contributed by atoms with Crippen LogP contribution in [0.4, 0.5) is 11.5 Å². The van der Waals surface area contributed by atoms with Gasteiger partial charge >= 0.3 is 0 Å². The second kappa shape index (κ2) is 13.8. The SMILES string of the molecule is CCC(C#N)NC(=O)c1ccc(C)c(NC(=O)c2ccc(OCc3cccc(NCCN(C)C)n3)cc2)c1. The predicted octanol–water partition coefficient (Wildman–Crippen LogP) is 4.23. The number of nitriles is 1. The first kappa shape index (κ1) is 28.2. The zero-order valence-electron chi connectivity index (χ0n) is 22.2. The Morgan fingerprint density at radius 1 is 1.05 bits per heavy atom. The normalized spacial score (nSPS) is 11.4. The van der Waals surface area contributed by atoms with E-state index < -0.39 is 6.04 Å². The molecule has 0 saturated heterocycles. The van der Waals surface area contributed by atoms with Crippen LogP contribution in [0.2, 0.25) is 0 Å². The van der Waals surface area contributed by atoms with Gasteiger partial charge in [0, 0.05) is 29.9 Å². The summed E-state index contributed by atoms with van der Waals surface area (Å²) in [7, 11) is 4.04. The molecule has 0 saturated carbocycles. The number of nitrogens with zero attached hydrogens (tertiary/aromatic N) is 3. The Labute approximate surface area is 223 Å². The van der Waals surface area contributed by atoms with Crippen LogP contribution in [0.5, 0.6) is 5.75 Å². The minimum atomic E-state index is -0.563. The number of likely N-dealkylation sites (N-methyl/N-ethyl adjacent to an activating group) is 1. The molecular weight excluding hydrogens is 480 g/mol. The molecule has 1 aromatic heterocycles. The Hall–Kier alpha value is -4.42. The summed E-state index contributed by atoms with van der Waals surface area (Å²) in [5, 5.41) is 17.9. The Morgan fingerprint density at radius 2 is 1.79 bits per heavy atom. The van der Waals surface area contributed by atoms with Crippen LogP contribution >= 0.6 is 0 Å². The van der Waals surface area contributed by atoms with E-state index in [9.17, 15) is 9.59 Å². The quantitative estimate of drug-likeness (QED) is 0.331. The van der Waals surface area contributed by atoms with Gasteiger partial charge in [-0.1, -0.05) is 19.1 Å². The third-order valence-corrected chi connectivity index (χ3v) is 5.79. The summed E-state index contributed by atoms with van der Waals surface area (Å²) in [6, 6.07) is 19.1. The largest absolute Gasteiger partial charge is 0.487 e. The van der Waals surface area contributed by atoms with E-state index >= 15 is 0 Å². The highest BCUT2D eigenvalue weighted by Gasteiger charge is 2.14. The molecule has 0 bridgehead atoms. The molecule has 1 heterocycles. The molecule has 3 aromatic rings. The van der Waals surface area contributed by atoms with Gasteiger partial charge in [-0.05, 0) is 81.5 Å². The zero-order valence-corrected chi connectivity index (χ0v) is 22.2. The van der Waals surface area contributed by atoms with Crippen molar-refractivity contribution in [3.8, 4) is 11.8 Å². The summed E-state index contributed by atoms with van der Waals surface area (Å²) in [6.45, 7) is 5.67. The Balaban J connectivity index is 1.58. The van der Waals surface area contributed by atoms with E-state index in [0.29, 0.717) is 35.6 Å². The fourth-order valence-electron chi connectivity index (χ4n) is 3.49. The van der Waals surface area contributed by atoms with Crippen LogP contribution in [0.25, 0.3) is 0 Å².